The summed E-state index contributed by atoms with van der Waals surface area (Å²) in [6.45, 7) is 2.75. The smallest absolute Gasteiger partial charge is 0.306 e. The molecule has 0 atom stereocenters. The molecule has 2 aromatic carbocycles. The predicted octanol–water partition coefficient (Wildman–Crippen LogP) is 3.22. The van der Waals surface area contributed by atoms with Crippen molar-refractivity contribution in [2.75, 3.05) is 20.3 Å². The van der Waals surface area contributed by atoms with Gasteiger partial charge in [-0.25, -0.2) is 0 Å². The second-order valence-corrected chi connectivity index (χ2v) is 5.87. The van der Waals surface area contributed by atoms with Gasteiger partial charge in [-0.15, -0.1) is 0 Å². The first-order valence-electron chi connectivity index (χ1n) is 8.73. The number of esters is 1. The molecule has 0 spiro atoms. The number of carbonyl (C=O) groups is 2. The second-order valence-electron chi connectivity index (χ2n) is 5.87. The molecule has 5 heteroatoms. The van der Waals surface area contributed by atoms with Gasteiger partial charge < -0.3 is 14.4 Å². The summed E-state index contributed by atoms with van der Waals surface area (Å²) in [5, 5.41) is 0. The summed E-state index contributed by atoms with van der Waals surface area (Å²) in [6, 6.07) is 17.3. The van der Waals surface area contributed by atoms with Crippen LogP contribution in [0.15, 0.2) is 54.6 Å². The highest BCUT2D eigenvalue weighted by Gasteiger charge is 2.15. The number of para-hydroxylation sites is 1. The van der Waals surface area contributed by atoms with Gasteiger partial charge in [-0.3, -0.25) is 9.59 Å². The summed E-state index contributed by atoms with van der Waals surface area (Å²) in [7, 11) is 1.60. The SMILES string of the molecule is CCN(Cc1ccccc1)C(=O)COC(=O)CCc1ccccc1OC. The van der Waals surface area contributed by atoms with Crippen molar-refractivity contribution in [2.45, 2.75) is 26.3 Å². The van der Waals surface area contributed by atoms with Gasteiger partial charge in [0.25, 0.3) is 5.91 Å². The molecule has 0 aliphatic carbocycles. The molecule has 0 heterocycles. The van der Waals surface area contributed by atoms with Crippen LogP contribution in [0.4, 0.5) is 0 Å². The van der Waals surface area contributed by atoms with E-state index in [1.165, 1.54) is 0 Å². The highest BCUT2D eigenvalue weighted by molar-refractivity contribution is 5.80. The molecular weight excluding hydrogens is 330 g/mol. The van der Waals surface area contributed by atoms with Crippen LogP contribution >= 0.6 is 0 Å². The number of rotatable bonds is 9. The van der Waals surface area contributed by atoms with Gasteiger partial charge in [-0.2, -0.15) is 0 Å². The van der Waals surface area contributed by atoms with Gasteiger partial charge in [-0.05, 0) is 30.5 Å². The maximum atomic E-state index is 12.3. The van der Waals surface area contributed by atoms with Crippen LogP contribution in [0, 0.1) is 0 Å². The Morgan fingerprint density at radius 3 is 2.38 bits per heavy atom. The monoisotopic (exact) mass is 355 g/mol. The number of nitrogens with zero attached hydrogens (tertiary/aromatic N) is 1. The first kappa shape index (κ1) is 19.5. The third-order valence-corrected chi connectivity index (χ3v) is 4.10. The molecule has 0 aliphatic rings. The highest BCUT2D eigenvalue weighted by Crippen LogP contribution is 2.18. The number of benzene rings is 2. The summed E-state index contributed by atoms with van der Waals surface area (Å²) >= 11 is 0. The van der Waals surface area contributed by atoms with E-state index in [9.17, 15) is 9.59 Å². The fraction of sp³-hybridized carbons (Fsp3) is 0.333. The Morgan fingerprint density at radius 2 is 1.69 bits per heavy atom. The van der Waals surface area contributed by atoms with E-state index < -0.39 is 0 Å². The zero-order valence-corrected chi connectivity index (χ0v) is 15.3. The molecular formula is C21H25NO4. The van der Waals surface area contributed by atoms with E-state index in [-0.39, 0.29) is 24.9 Å². The van der Waals surface area contributed by atoms with Crippen LogP contribution in [0.2, 0.25) is 0 Å². The Bertz CT molecular complexity index is 715. The molecule has 0 N–H and O–H groups in total. The number of carbonyl (C=O) groups excluding carboxylic acids is 2. The van der Waals surface area contributed by atoms with Gasteiger partial charge in [0.05, 0.1) is 7.11 Å². The van der Waals surface area contributed by atoms with Gasteiger partial charge in [0.1, 0.15) is 5.75 Å². The van der Waals surface area contributed by atoms with Crippen LogP contribution in [0.1, 0.15) is 24.5 Å². The molecule has 0 saturated carbocycles. The molecule has 2 aromatic rings. The summed E-state index contributed by atoms with van der Waals surface area (Å²) < 4.78 is 10.4. The second kappa shape index (κ2) is 10.2. The molecule has 0 aliphatic heterocycles. The number of hydrogen-bond acceptors (Lipinski definition) is 4. The summed E-state index contributed by atoms with van der Waals surface area (Å²) in [6.07, 6.45) is 0.719. The molecule has 1 amide bonds. The Hall–Kier alpha value is -2.82. The van der Waals surface area contributed by atoms with Crippen LogP contribution in [-0.2, 0) is 27.3 Å². The lowest BCUT2D eigenvalue weighted by Crippen LogP contribution is -2.34. The lowest BCUT2D eigenvalue weighted by molar-refractivity contribution is -0.152. The van der Waals surface area contributed by atoms with Crippen LogP contribution in [0.3, 0.4) is 0 Å². The van der Waals surface area contributed by atoms with Crippen LogP contribution in [0.5, 0.6) is 5.75 Å². The minimum absolute atomic E-state index is 0.193. The zero-order valence-electron chi connectivity index (χ0n) is 15.3. The van der Waals surface area contributed by atoms with Gasteiger partial charge in [0.15, 0.2) is 6.61 Å². The van der Waals surface area contributed by atoms with Crippen LogP contribution in [-0.4, -0.2) is 37.0 Å². The lowest BCUT2D eigenvalue weighted by atomic mass is 10.1. The largest absolute Gasteiger partial charge is 0.496 e. The zero-order chi connectivity index (χ0) is 18.8. The molecule has 0 saturated heterocycles. The normalized spacial score (nSPS) is 10.2. The van der Waals surface area contributed by atoms with Crippen molar-refractivity contribution in [3.05, 3.63) is 65.7 Å². The third kappa shape index (κ3) is 5.92. The predicted molar refractivity (Wildman–Crippen MR) is 99.8 cm³/mol. The van der Waals surface area contributed by atoms with E-state index in [2.05, 4.69) is 0 Å². The molecule has 0 unspecified atom stereocenters. The van der Waals surface area contributed by atoms with Gasteiger partial charge in [0.2, 0.25) is 0 Å². The van der Waals surface area contributed by atoms with Crippen molar-refractivity contribution in [2.24, 2.45) is 0 Å². The van der Waals surface area contributed by atoms with E-state index >= 15 is 0 Å². The van der Waals surface area contributed by atoms with E-state index in [0.29, 0.717) is 19.5 Å². The summed E-state index contributed by atoms with van der Waals surface area (Å²) in [5.41, 5.74) is 1.99. The lowest BCUT2D eigenvalue weighted by Gasteiger charge is -2.20. The Morgan fingerprint density at radius 1 is 1.00 bits per heavy atom. The number of ether oxygens (including phenoxy) is 2. The van der Waals surface area contributed by atoms with Gasteiger partial charge in [-0.1, -0.05) is 48.5 Å². The van der Waals surface area contributed by atoms with E-state index in [0.717, 1.165) is 16.9 Å². The molecule has 0 radical (unpaired) electrons. The molecule has 5 nitrogen and oxygen atoms in total. The van der Waals surface area contributed by atoms with Gasteiger partial charge in [0, 0.05) is 19.5 Å². The fourth-order valence-electron chi connectivity index (χ4n) is 2.63. The molecule has 138 valence electrons. The van der Waals surface area contributed by atoms with E-state index in [4.69, 9.17) is 9.47 Å². The Balaban J connectivity index is 1.79. The maximum absolute atomic E-state index is 12.3. The van der Waals surface area contributed by atoms with Crippen molar-refractivity contribution in [3.63, 3.8) is 0 Å². The first-order chi connectivity index (χ1) is 12.6. The Labute approximate surface area is 154 Å². The molecule has 0 bridgehead atoms. The Kier molecular flexibility index (Phi) is 7.68. The average molecular weight is 355 g/mol. The highest BCUT2D eigenvalue weighted by atomic mass is 16.5. The van der Waals surface area contributed by atoms with E-state index in [1.54, 1.807) is 12.0 Å². The molecule has 2 rings (SSSR count). The number of likely N-dealkylation sites (N-methyl/N-ethyl adjacent to an activating group) is 1. The minimum atomic E-state index is -0.389. The van der Waals surface area contributed by atoms with E-state index in [1.807, 2.05) is 61.5 Å². The maximum Gasteiger partial charge on any atom is 0.306 e. The van der Waals surface area contributed by atoms with Crippen LogP contribution in [0.25, 0.3) is 0 Å². The number of amides is 1. The summed E-state index contributed by atoms with van der Waals surface area (Å²) in [5.74, 6) is 0.165. The van der Waals surface area contributed by atoms with Crippen molar-refractivity contribution in [1.82, 2.24) is 4.90 Å². The summed E-state index contributed by atoms with van der Waals surface area (Å²) in [4.78, 5) is 25.9. The fourth-order valence-corrected chi connectivity index (χ4v) is 2.63. The third-order valence-electron chi connectivity index (χ3n) is 4.10. The van der Waals surface area contributed by atoms with Gasteiger partial charge >= 0.3 is 5.97 Å². The first-order valence-corrected chi connectivity index (χ1v) is 8.73. The number of aryl methyl sites for hydroxylation is 1. The number of methoxy groups -OCH3 is 1. The van der Waals surface area contributed by atoms with Crippen molar-refractivity contribution in [1.29, 1.82) is 0 Å². The topological polar surface area (TPSA) is 55.8 Å². The van der Waals surface area contributed by atoms with Crippen molar-refractivity contribution in [3.8, 4) is 5.75 Å². The molecule has 0 fully saturated rings. The average Bonchev–Trinajstić information content (AvgIpc) is 2.69. The standard InChI is InChI=1S/C21H25NO4/c1-3-22(15-17-9-5-4-6-10-17)20(23)16-26-21(24)14-13-18-11-7-8-12-19(18)25-2/h4-12H,3,13-16H2,1-2H3. The van der Waals surface area contributed by atoms with Crippen LogP contribution < -0.4 is 4.74 Å². The molecule has 0 aromatic heterocycles. The van der Waals surface area contributed by atoms with Crippen molar-refractivity contribution < 1.29 is 19.1 Å². The van der Waals surface area contributed by atoms with Crippen molar-refractivity contribution >= 4 is 11.9 Å². The quantitative estimate of drug-likeness (QED) is 0.648. The minimum Gasteiger partial charge on any atom is -0.496 e. The molecule has 26 heavy (non-hydrogen) atoms. The number of hydrogen-bond donors (Lipinski definition) is 0.